The summed E-state index contributed by atoms with van der Waals surface area (Å²) in [6.45, 7) is 1.93. The van der Waals surface area contributed by atoms with Crippen LogP contribution in [-0.4, -0.2) is 8.42 Å². The summed E-state index contributed by atoms with van der Waals surface area (Å²) in [4.78, 5) is 0.346. The molecule has 0 fully saturated rings. The van der Waals surface area contributed by atoms with Gasteiger partial charge in [-0.2, -0.15) is 0 Å². The first-order valence-corrected chi connectivity index (χ1v) is 6.98. The van der Waals surface area contributed by atoms with Crippen LogP contribution in [0.4, 0.5) is 0 Å². The van der Waals surface area contributed by atoms with E-state index in [0.717, 1.165) is 11.1 Å². The molecule has 2 rings (SSSR count). The fourth-order valence-electron chi connectivity index (χ4n) is 1.61. The number of rotatable bonds is 2. The highest BCUT2D eigenvalue weighted by Crippen LogP contribution is 2.18. The summed E-state index contributed by atoms with van der Waals surface area (Å²) < 4.78 is 24.2. The van der Waals surface area contributed by atoms with Gasteiger partial charge in [0.2, 0.25) is 0 Å². The van der Waals surface area contributed by atoms with E-state index in [-0.39, 0.29) is 0 Å². The van der Waals surface area contributed by atoms with Crippen molar-refractivity contribution >= 4 is 9.84 Å². The molecule has 1 aromatic carbocycles. The number of benzene rings is 1. The highest BCUT2D eigenvalue weighted by Gasteiger charge is 2.11. The van der Waals surface area contributed by atoms with E-state index in [1.165, 1.54) is 5.41 Å². The molecule has 2 nitrogen and oxygen atoms in total. The number of allylic oxidation sites excluding steroid dienone is 5. The lowest BCUT2D eigenvalue weighted by Crippen LogP contribution is -1.98. The first-order valence-electron chi connectivity index (χ1n) is 5.43. The van der Waals surface area contributed by atoms with Gasteiger partial charge in [-0.3, -0.25) is 0 Å². The van der Waals surface area contributed by atoms with Gasteiger partial charge in [0.1, 0.15) is 0 Å². The van der Waals surface area contributed by atoms with Gasteiger partial charge < -0.3 is 0 Å². The Labute approximate surface area is 102 Å². The Morgan fingerprint density at radius 2 is 1.82 bits per heavy atom. The van der Waals surface area contributed by atoms with Gasteiger partial charge in [0.15, 0.2) is 9.84 Å². The molecule has 0 amide bonds. The molecule has 3 heteroatoms. The van der Waals surface area contributed by atoms with Gasteiger partial charge in [0.05, 0.1) is 4.90 Å². The van der Waals surface area contributed by atoms with E-state index in [2.05, 4.69) is 0 Å². The Hall–Kier alpha value is -1.61. The minimum absolute atomic E-state index is 0.346. The maximum atomic E-state index is 12.1. The molecule has 0 heterocycles. The number of hydrogen-bond acceptors (Lipinski definition) is 2. The van der Waals surface area contributed by atoms with Crippen molar-refractivity contribution < 1.29 is 8.42 Å². The summed E-state index contributed by atoms with van der Waals surface area (Å²) in [5.41, 5.74) is 1.87. The lowest BCUT2D eigenvalue weighted by atomic mass is 10.1. The zero-order chi connectivity index (χ0) is 12.3. The van der Waals surface area contributed by atoms with Crippen molar-refractivity contribution in [3.05, 3.63) is 65.1 Å². The standard InChI is InChI=1S/C14H14O2S/c1-12-7-9-14(10-8-12)17(15,16)11-13-5-3-2-4-6-13/h2-5,7-11H,6H2,1H3/b13-11-. The molecule has 0 N–H and O–H groups in total. The molecule has 0 aliphatic heterocycles. The van der Waals surface area contributed by atoms with Crippen LogP contribution in [-0.2, 0) is 9.84 Å². The van der Waals surface area contributed by atoms with Gasteiger partial charge in [-0.1, -0.05) is 42.0 Å². The lowest BCUT2D eigenvalue weighted by molar-refractivity contribution is 0.604. The van der Waals surface area contributed by atoms with Crippen LogP contribution in [0.1, 0.15) is 12.0 Å². The van der Waals surface area contributed by atoms with Gasteiger partial charge in [0, 0.05) is 5.41 Å². The number of aryl methyl sites for hydroxylation is 1. The Morgan fingerprint density at radius 3 is 2.41 bits per heavy atom. The Bertz CT molecular complexity index is 588. The van der Waals surface area contributed by atoms with Crippen molar-refractivity contribution in [1.82, 2.24) is 0 Å². The maximum Gasteiger partial charge on any atom is 0.200 e. The molecule has 1 aliphatic rings. The molecule has 0 saturated carbocycles. The average molecular weight is 246 g/mol. The Balaban J connectivity index is 2.34. The van der Waals surface area contributed by atoms with E-state index in [1.54, 1.807) is 12.1 Å². The van der Waals surface area contributed by atoms with E-state index >= 15 is 0 Å². The fourth-order valence-corrected chi connectivity index (χ4v) is 2.84. The molecular formula is C14H14O2S. The molecule has 0 atom stereocenters. The summed E-state index contributed by atoms with van der Waals surface area (Å²) in [6, 6.07) is 6.90. The second kappa shape index (κ2) is 4.72. The van der Waals surface area contributed by atoms with Crippen molar-refractivity contribution in [3.63, 3.8) is 0 Å². The summed E-state index contributed by atoms with van der Waals surface area (Å²) in [6.07, 6.45) is 8.19. The molecule has 88 valence electrons. The molecular weight excluding hydrogens is 232 g/mol. The van der Waals surface area contributed by atoms with Gasteiger partial charge in [0.25, 0.3) is 0 Å². The van der Waals surface area contributed by atoms with Crippen LogP contribution in [0.15, 0.2) is 64.4 Å². The smallest absolute Gasteiger partial charge is 0.200 e. The molecule has 1 aliphatic carbocycles. The zero-order valence-electron chi connectivity index (χ0n) is 9.63. The van der Waals surface area contributed by atoms with E-state index in [1.807, 2.05) is 43.4 Å². The van der Waals surface area contributed by atoms with E-state index < -0.39 is 9.84 Å². The predicted octanol–water partition coefficient (Wildman–Crippen LogP) is 3.17. The van der Waals surface area contributed by atoms with Crippen LogP contribution in [0.5, 0.6) is 0 Å². The average Bonchev–Trinajstić information content (AvgIpc) is 2.30. The predicted molar refractivity (Wildman–Crippen MR) is 69.3 cm³/mol. The third kappa shape index (κ3) is 2.94. The van der Waals surface area contributed by atoms with Crippen LogP contribution >= 0.6 is 0 Å². The third-order valence-corrected chi connectivity index (χ3v) is 4.11. The third-order valence-electron chi connectivity index (χ3n) is 2.57. The lowest BCUT2D eigenvalue weighted by Gasteiger charge is -2.04. The van der Waals surface area contributed by atoms with Crippen molar-refractivity contribution in [1.29, 1.82) is 0 Å². The second-order valence-electron chi connectivity index (χ2n) is 4.04. The molecule has 0 unspecified atom stereocenters. The molecule has 0 bridgehead atoms. The van der Waals surface area contributed by atoms with Gasteiger partial charge in [-0.25, -0.2) is 8.42 Å². The van der Waals surface area contributed by atoms with Crippen molar-refractivity contribution in [3.8, 4) is 0 Å². The van der Waals surface area contributed by atoms with Crippen LogP contribution < -0.4 is 0 Å². The highest BCUT2D eigenvalue weighted by atomic mass is 32.2. The van der Waals surface area contributed by atoms with Gasteiger partial charge >= 0.3 is 0 Å². The normalized spacial score (nSPS) is 17.6. The molecule has 0 saturated heterocycles. The Morgan fingerprint density at radius 1 is 1.12 bits per heavy atom. The molecule has 0 radical (unpaired) electrons. The minimum Gasteiger partial charge on any atom is -0.219 e. The topological polar surface area (TPSA) is 34.1 Å². The Kier molecular flexibility index (Phi) is 3.29. The summed E-state index contributed by atoms with van der Waals surface area (Å²) in [5, 5.41) is 1.34. The van der Waals surface area contributed by atoms with Crippen molar-refractivity contribution in [2.24, 2.45) is 0 Å². The van der Waals surface area contributed by atoms with Crippen LogP contribution in [0.3, 0.4) is 0 Å². The monoisotopic (exact) mass is 246 g/mol. The van der Waals surface area contributed by atoms with Gasteiger partial charge in [-0.15, -0.1) is 0 Å². The SMILES string of the molecule is Cc1ccc(S(=O)(=O)/C=C2/C=CC=CC2)cc1. The van der Waals surface area contributed by atoms with E-state index in [9.17, 15) is 8.42 Å². The minimum atomic E-state index is -3.32. The number of sulfone groups is 1. The van der Waals surface area contributed by atoms with E-state index in [4.69, 9.17) is 0 Å². The largest absolute Gasteiger partial charge is 0.219 e. The quantitative estimate of drug-likeness (QED) is 0.803. The zero-order valence-corrected chi connectivity index (χ0v) is 10.4. The highest BCUT2D eigenvalue weighted by molar-refractivity contribution is 7.94. The first kappa shape index (κ1) is 11.9. The number of hydrogen-bond donors (Lipinski definition) is 0. The molecule has 0 spiro atoms. The second-order valence-corrected chi connectivity index (χ2v) is 5.84. The maximum absolute atomic E-state index is 12.1. The summed E-state index contributed by atoms with van der Waals surface area (Å²) in [7, 11) is -3.32. The van der Waals surface area contributed by atoms with Gasteiger partial charge in [-0.05, 0) is 31.1 Å². The summed E-state index contributed by atoms with van der Waals surface area (Å²) in [5.74, 6) is 0. The molecule has 0 aromatic heterocycles. The summed E-state index contributed by atoms with van der Waals surface area (Å²) >= 11 is 0. The van der Waals surface area contributed by atoms with Crippen molar-refractivity contribution in [2.75, 3.05) is 0 Å². The van der Waals surface area contributed by atoms with E-state index in [0.29, 0.717) is 11.3 Å². The molecule has 17 heavy (non-hydrogen) atoms. The van der Waals surface area contributed by atoms with Crippen LogP contribution in [0, 0.1) is 6.92 Å². The van der Waals surface area contributed by atoms with Crippen molar-refractivity contribution in [2.45, 2.75) is 18.2 Å². The molecule has 1 aromatic rings. The van der Waals surface area contributed by atoms with Crippen LogP contribution in [0.2, 0.25) is 0 Å². The fraction of sp³-hybridized carbons (Fsp3) is 0.143. The first-order chi connectivity index (χ1) is 8.08. The van der Waals surface area contributed by atoms with Crippen LogP contribution in [0.25, 0.3) is 0 Å².